The molecule has 0 atom stereocenters. The van der Waals surface area contributed by atoms with E-state index in [2.05, 4.69) is 36.5 Å². The number of alkyl halides is 3. The molecule has 0 aliphatic heterocycles. The number of hydrogen-bond acceptors (Lipinski definition) is 7. The standard InChI is InChI=1S/C15H15BrF3N5O3S/c1-3-28(26,27)10-4-7(16)13(20)24-12(10)14(25)23-8-5-11(15(17,18)19)22-6-9(8)21-2/h4-6,21H,3H2,1-2H3,(H2,20,24)(H,22,23,25). The number of anilines is 3. The molecule has 2 rings (SSSR count). The lowest BCUT2D eigenvalue weighted by atomic mass is 10.2. The molecule has 0 aliphatic carbocycles. The van der Waals surface area contributed by atoms with Crippen molar-refractivity contribution in [2.24, 2.45) is 0 Å². The van der Waals surface area contributed by atoms with Crippen LogP contribution in [0, 0.1) is 0 Å². The van der Waals surface area contributed by atoms with Gasteiger partial charge in [-0.15, -0.1) is 0 Å². The highest BCUT2D eigenvalue weighted by Crippen LogP contribution is 2.32. The van der Waals surface area contributed by atoms with Gasteiger partial charge in [0.25, 0.3) is 5.91 Å². The number of nitrogens with one attached hydrogen (secondary N) is 2. The summed E-state index contributed by atoms with van der Waals surface area (Å²) in [4.78, 5) is 19.3. The predicted octanol–water partition coefficient (Wildman–Crippen LogP) is 2.93. The third-order valence-corrected chi connectivity index (χ3v) is 5.99. The summed E-state index contributed by atoms with van der Waals surface area (Å²) in [5.41, 5.74) is 3.71. The Balaban J connectivity index is 2.56. The zero-order valence-corrected chi connectivity index (χ0v) is 17.0. The van der Waals surface area contributed by atoms with Gasteiger partial charge >= 0.3 is 6.18 Å². The third kappa shape index (κ3) is 4.52. The largest absolute Gasteiger partial charge is 0.433 e. The van der Waals surface area contributed by atoms with Crippen molar-refractivity contribution < 1.29 is 26.4 Å². The van der Waals surface area contributed by atoms with Crippen molar-refractivity contribution >= 4 is 48.9 Å². The maximum Gasteiger partial charge on any atom is 0.433 e. The molecule has 0 saturated heterocycles. The van der Waals surface area contributed by atoms with E-state index in [1.54, 1.807) is 0 Å². The molecular formula is C15H15BrF3N5O3S. The van der Waals surface area contributed by atoms with Gasteiger partial charge in [-0.1, -0.05) is 6.92 Å². The molecule has 0 fully saturated rings. The molecule has 1 amide bonds. The van der Waals surface area contributed by atoms with Crippen molar-refractivity contribution in [3.05, 3.63) is 34.2 Å². The Morgan fingerprint density at radius 1 is 1.29 bits per heavy atom. The van der Waals surface area contributed by atoms with Gasteiger partial charge in [-0.25, -0.2) is 18.4 Å². The molecule has 2 aromatic heterocycles. The van der Waals surface area contributed by atoms with E-state index < -0.39 is 38.2 Å². The van der Waals surface area contributed by atoms with Gasteiger partial charge in [0, 0.05) is 7.05 Å². The lowest BCUT2D eigenvalue weighted by molar-refractivity contribution is -0.141. The SMILES string of the molecule is CCS(=O)(=O)c1cc(Br)c(N)nc1C(=O)Nc1cc(C(F)(F)F)ncc1NC. The quantitative estimate of drug-likeness (QED) is 0.598. The van der Waals surface area contributed by atoms with Crippen LogP contribution in [-0.4, -0.2) is 37.1 Å². The number of aromatic nitrogens is 2. The summed E-state index contributed by atoms with van der Waals surface area (Å²) >= 11 is 3.05. The smallest absolute Gasteiger partial charge is 0.385 e. The molecule has 0 unspecified atom stereocenters. The van der Waals surface area contributed by atoms with E-state index in [0.717, 1.165) is 12.3 Å². The van der Waals surface area contributed by atoms with E-state index in [9.17, 15) is 26.4 Å². The van der Waals surface area contributed by atoms with Gasteiger partial charge in [-0.3, -0.25) is 4.79 Å². The van der Waals surface area contributed by atoms with E-state index in [0.29, 0.717) is 6.07 Å². The highest BCUT2D eigenvalue weighted by molar-refractivity contribution is 9.10. The highest BCUT2D eigenvalue weighted by atomic mass is 79.9. The number of carbonyl (C=O) groups excluding carboxylic acids is 1. The average Bonchev–Trinajstić information content (AvgIpc) is 2.62. The first-order chi connectivity index (χ1) is 12.9. The molecule has 2 aromatic rings. The van der Waals surface area contributed by atoms with E-state index in [-0.39, 0.29) is 27.4 Å². The molecule has 0 spiro atoms. The minimum absolute atomic E-state index is 0.0892. The minimum atomic E-state index is -4.73. The molecular weight excluding hydrogens is 467 g/mol. The van der Waals surface area contributed by atoms with Gasteiger partial charge in [0.2, 0.25) is 0 Å². The average molecular weight is 482 g/mol. The van der Waals surface area contributed by atoms with Crippen LogP contribution in [0.1, 0.15) is 23.1 Å². The second-order valence-electron chi connectivity index (χ2n) is 5.42. The highest BCUT2D eigenvalue weighted by Gasteiger charge is 2.33. The van der Waals surface area contributed by atoms with Crippen LogP contribution in [0.4, 0.5) is 30.4 Å². The van der Waals surface area contributed by atoms with Crippen molar-refractivity contribution in [1.82, 2.24) is 9.97 Å². The van der Waals surface area contributed by atoms with Crippen LogP contribution in [0.25, 0.3) is 0 Å². The summed E-state index contributed by atoms with van der Waals surface area (Å²) in [6.07, 6.45) is -3.84. The van der Waals surface area contributed by atoms with E-state index >= 15 is 0 Å². The Morgan fingerprint density at radius 2 is 1.93 bits per heavy atom. The van der Waals surface area contributed by atoms with Gasteiger partial charge < -0.3 is 16.4 Å². The molecule has 2 heterocycles. The van der Waals surface area contributed by atoms with Crippen LogP contribution in [0.15, 0.2) is 27.7 Å². The molecule has 0 aliphatic rings. The maximum atomic E-state index is 12.9. The van der Waals surface area contributed by atoms with Crippen LogP contribution in [0.3, 0.4) is 0 Å². The Morgan fingerprint density at radius 3 is 2.46 bits per heavy atom. The molecule has 0 radical (unpaired) electrons. The molecule has 28 heavy (non-hydrogen) atoms. The van der Waals surface area contributed by atoms with Crippen LogP contribution in [0.2, 0.25) is 0 Å². The number of hydrogen-bond donors (Lipinski definition) is 3. The molecule has 13 heteroatoms. The summed E-state index contributed by atoms with van der Waals surface area (Å²) in [5.74, 6) is -1.51. The second-order valence-corrected chi connectivity index (χ2v) is 8.52. The van der Waals surface area contributed by atoms with Crippen molar-refractivity contribution in [2.45, 2.75) is 18.0 Å². The van der Waals surface area contributed by atoms with Gasteiger partial charge in [-0.05, 0) is 28.1 Å². The van der Waals surface area contributed by atoms with Crippen LogP contribution in [0.5, 0.6) is 0 Å². The van der Waals surface area contributed by atoms with Gasteiger partial charge in [0.05, 0.1) is 32.7 Å². The number of nitrogens with zero attached hydrogens (tertiary/aromatic N) is 2. The van der Waals surface area contributed by atoms with Crippen LogP contribution in [-0.2, 0) is 16.0 Å². The van der Waals surface area contributed by atoms with Crippen LogP contribution >= 0.6 is 15.9 Å². The zero-order valence-electron chi connectivity index (χ0n) is 14.6. The number of carbonyl (C=O) groups is 1. The number of halogens is 4. The topological polar surface area (TPSA) is 127 Å². The van der Waals surface area contributed by atoms with Crippen molar-refractivity contribution in [1.29, 1.82) is 0 Å². The maximum absolute atomic E-state index is 12.9. The second kappa shape index (κ2) is 7.91. The van der Waals surface area contributed by atoms with Crippen molar-refractivity contribution in [2.75, 3.05) is 29.2 Å². The molecule has 8 nitrogen and oxygen atoms in total. The van der Waals surface area contributed by atoms with E-state index in [1.165, 1.54) is 14.0 Å². The van der Waals surface area contributed by atoms with E-state index in [4.69, 9.17) is 5.73 Å². The lowest BCUT2D eigenvalue weighted by Gasteiger charge is -2.15. The molecule has 4 N–H and O–H groups in total. The first-order valence-electron chi connectivity index (χ1n) is 7.65. The summed E-state index contributed by atoms with van der Waals surface area (Å²) in [7, 11) is -2.45. The van der Waals surface area contributed by atoms with Crippen molar-refractivity contribution in [3.8, 4) is 0 Å². The van der Waals surface area contributed by atoms with Crippen LogP contribution < -0.4 is 16.4 Å². The number of sulfone groups is 1. The Hall–Kier alpha value is -2.41. The first kappa shape index (κ1) is 21.9. The minimum Gasteiger partial charge on any atom is -0.385 e. The Labute approximate surface area is 166 Å². The van der Waals surface area contributed by atoms with Gasteiger partial charge in [-0.2, -0.15) is 13.2 Å². The summed E-state index contributed by atoms with van der Waals surface area (Å²) in [5, 5.41) is 4.83. The summed E-state index contributed by atoms with van der Waals surface area (Å²) < 4.78 is 63.5. The lowest BCUT2D eigenvalue weighted by Crippen LogP contribution is -2.21. The fourth-order valence-corrected chi connectivity index (χ4v) is 3.65. The Bertz CT molecular complexity index is 1030. The fourth-order valence-electron chi connectivity index (χ4n) is 2.14. The molecule has 0 bridgehead atoms. The molecule has 0 aromatic carbocycles. The third-order valence-electron chi connectivity index (χ3n) is 3.61. The van der Waals surface area contributed by atoms with Gasteiger partial charge in [0.1, 0.15) is 17.2 Å². The first-order valence-corrected chi connectivity index (χ1v) is 10.1. The fraction of sp³-hybridized carbons (Fsp3) is 0.267. The monoisotopic (exact) mass is 481 g/mol. The van der Waals surface area contributed by atoms with E-state index in [1.807, 2.05) is 0 Å². The zero-order chi connectivity index (χ0) is 21.3. The number of rotatable bonds is 5. The number of amides is 1. The normalized spacial score (nSPS) is 11.9. The molecule has 152 valence electrons. The summed E-state index contributed by atoms with van der Waals surface area (Å²) in [6.45, 7) is 1.37. The molecule has 0 saturated carbocycles. The van der Waals surface area contributed by atoms with Crippen molar-refractivity contribution in [3.63, 3.8) is 0 Å². The predicted molar refractivity (Wildman–Crippen MR) is 101 cm³/mol. The summed E-state index contributed by atoms with van der Waals surface area (Å²) in [6, 6.07) is 1.75. The Kier molecular flexibility index (Phi) is 6.18. The van der Waals surface area contributed by atoms with Gasteiger partial charge in [0.15, 0.2) is 9.84 Å². The number of pyridine rings is 2. The number of nitrogens with two attached hydrogens (primary N) is 1. The number of nitrogen functional groups attached to an aromatic ring is 1.